The maximum atomic E-state index is 4.49. The van der Waals surface area contributed by atoms with E-state index in [1.165, 1.54) is 24.1 Å². The number of aryl methyl sites for hydroxylation is 1. The lowest BCUT2D eigenvalue weighted by Gasteiger charge is -2.20. The van der Waals surface area contributed by atoms with E-state index in [2.05, 4.69) is 56.6 Å². The molecule has 1 rings (SSSR count). The van der Waals surface area contributed by atoms with E-state index in [9.17, 15) is 0 Å². The van der Waals surface area contributed by atoms with Gasteiger partial charge in [0, 0.05) is 29.9 Å². The molecule has 104 valence electrons. The van der Waals surface area contributed by atoms with Gasteiger partial charge in [0.25, 0.3) is 0 Å². The lowest BCUT2D eigenvalue weighted by molar-refractivity contribution is 0.423. The smallest absolute Gasteiger partial charge is 0.0537 e. The highest BCUT2D eigenvalue weighted by molar-refractivity contribution is 5.16. The number of aromatic nitrogens is 2. The van der Waals surface area contributed by atoms with Gasteiger partial charge in [0.05, 0.1) is 6.20 Å². The molecule has 0 aliphatic rings. The van der Waals surface area contributed by atoms with Crippen molar-refractivity contribution < 1.29 is 0 Å². The molecule has 1 heterocycles. The van der Waals surface area contributed by atoms with E-state index in [-0.39, 0.29) is 5.54 Å². The summed E-state index contributed by atoms with van der Waals surface area (Å²) in [7, 11) is 0. The van der Waals surface area contributed by atoms with Crippen molar-refractivity contribution in [2.24, 2.45) is 5.92 Å². The van der Waals surface area contributed by atoms with Gasteiger partial charge in [-0.15, -0.1) is 0 Å². The zero-order chi connectivity index (χ0) is 13.8. The van der Waals surface area contributed by atoms with Crippen molar-refractivity contribution in [2.75, 3.05) is 0 Å². The lowest BCUT2D eigenvalue weighted by atomic mass is 10.1. The van der Waals surface area contributed by atoms with Gasteiger partial charge < -0.3 is 5.32 Å². The zero-order valence-corrected chi connectivity index (χ0v) is 12.9. The van der Waals surface area contributed by atoms with Gasteiger partial charge in [0.1, 0.15) is 0 Å². The van der Waals surface area contributed by atoms with Crippen LogP contribution in [0, 0.1) is 12.8 Å². The molecule has 3 heteroatoms. The topological polar surface area (TPSA) is 29.9 Å². The molecule has 0 bridgehead atoms. The van der Waals surface area contributed by atoms with Crippen LogP contribution < -0.4 is 5.32 Å². The molecule has 0 aliphatic heterocycles. The van der Waals surface area contributed by atoms with E-state index < -0.39 is 0 Å². The molecule has 0 saturated carbocycles. The van der Waals surface area contributed by atoms with Crippen molar-refractivity contribution in [3.63, 3.8) is 0 Å². The molecule has 0 aliphatic carbocycles. The minimum absolute atomic E-state index is 0.159. The fourth-order valence-electron chi connectivity index (χ4n) is 1.89. The average molecular weight is 251 g/mol. The van der Waals surface area contributed by atoms with Crippen LogP contribution >= 0.6 is 0 Å². The van der Waals surface area contributed by atoms with Crippen LogP contribution in [0.25, 0.3) is 0 Å². The summed E-state index contributed by atoms with van der Waals surface area (Å²) in [6.07, 6.45) is 4.49. The molecule has 1 N–H and O–H groups in total. The minimum atomic E-state index is 0.159. The first kappa shape index (κ1) is 15.2. The third kappa shape index (κ3) is 5.21. The molecule has 0 atom stereocenters. The number of nitrogens with one attached hydrogen (secondary N) is 1. The van der Waals surface area contributed by atoms with Gasteiger partial charge in [-0.3, -0.25) is 4.68 Å². The first-order chi connectivity index (χ1) is 8.29. The van der Waals surface area contributed by atoms with E-state index in [4.69, 9.17) is 0 Å². The highest BCUT2D eigenvalue weighted by atomic mass is 15.3. The second kappa shape index (κ2) is 6.37. The SMILES string of the molecule is Cc1c(CNC(C)(C)C)cnn1CCCC(C)C. The molecule has 1 aromatic heterocycles. The molecule has 0 saturated heterocycles. The Kier molecular flexibility index (Phi) is 5.39. The number of hydrogen-bond donors (Lipinski definition) is 1. The van der Waals surface area contributed by atoms with Gasteiger partial charge in [-0.05, 0) is 46.5 Å². The van der Waals surface area contributed by atoms with Crippen LogP contribution in [0.5, 0.6) is 0 Å². The predicted octanol–water partition coefficient (Wildman–Crippen LogP) is 3.52. The van der Waals surface area contributed by atoms with E-state index in [1.54, 1.807) is 0 Å². The molecule has 1 aromatic rings. The summed E-state index contributed by atoms with van der Waals surface area (Å²) >= 11 is 0. The molecule has 3 nitrogen and oxygen atoms in total. The van der Waals surface area contributed by atoms with Crippen molar-refractivity contribution in [2.45, 2.75) is 73.0 Å². The number of rotatable bonds is 6. The van der Waals surface area contributed by atoms with E-state index in [0.717, 1.165) is 19.0 Å². The van der Waals surface area contributed by atoms with Crippen LogP contribution in [0.2, 0.25) is 0 Å². The van der Waals surface area contributed by atoms with Crippen molar-refractivity contribution in [1.29, 1.82) is 0 Å². The first-order valence-corrected chi connectivity index (χ1v) is 7.06. The molecule has 0 fully saturated rings. The van der Waals surface area contributed by atoms with E-state index in [1.807, 2.05) is 6.20 Å². The predicted molar refractivity (Wildman–Crippen MR) is 77.6 cm³/mol. The normalized spacial score (nSPS) is 12.4. The highest BCUT2D eigenvalue weighted by Crippen LogP contribution is 2.11. The van der Waals surface area contributed by atoms with Gasteiger partial charge in [-0.25, -0.2) is 0 Å². The van der Waals surface area contributed by atoms with Gasteiger partial charge in [0.15, 0.2) is 0 Å². The molecule has 18 heavy (non-hydrogen) atoms. The Morgan fingerprint density at radius 1 is 1.33 bits per heavy atom. The highest BCUT2D eigenvalue weighted by Gasteiger charge is 2.11. The summed E-state index contributed by atoms with van der Waals surface area (Å²) in [4.78, 5) is 0. The summed E-state index contributed by atoms with van der Waals surface area (Å²) in [5.41, 5.74) is 2.77. The quantitative estimate of drug-likeness (QED) is 0.838. The van der Waals surface area contributed by atoms with Gasteiger partial charge >= 0.3 is 0 Å². The molecule has 0 unspecified atom stereocenters. The second-order valence-corrected chi connectivity index (χ2v) is 6.62. The third-order valence-corrected chi connectivity index (χ3v) is 3.17. The average Bonchev–Trinajstić information content (AvgIpc) is 2.56. The van der Waals surface area contributed by atoms with Crippen molar-refractivity contribution in [3.8, 4) is 0 Å². The summed E-state index contributed by atoms with van der Waals surface area (Å²) in [6, 6.07) is 0. The van der Waals surface area contributed by atoms with Crippen LogP contribution in [-0.4, -0.2) is 15.3 Å². The Hall–Kier alpha value is -0.830. The molecule has 0 aromatic carbocycles. The van der Waals surface area contributed by atoms with Crippen LogP contribution in [-0.2, 0) is 13.1 Å². The Morgan fingerprint density at radius 3 is 2.56 bits per heavy atom. The fourth-order valence-corrected chi connectivity index (χ4v) is 1.89. The van der Waals surface area contributed by atoms with E-state index >= 15 is 0 Å². The largest absolute Gasteiger partial charge is 0.308 e. The van der Waals surface area contributed by atoms with Gasteiger partial charge in [-0.1, -0.05) is 13.8 Å². The molecule has 0 radical (unpaired) electrons. The summed E-state index contributed by atoms with van der Waals surface area (Å²) in [6.45, 7) is 15.2. The molecule has 0 spiro atoms. The Morgan fingerprint density at radius 2 is 2.00 bits per heavy atom. The van der Waals surface area contributed by atoms with Crippen molar-refractivity contribution in [1.82, 2.24) is 15.1 Å². The summed E-state index contributed by atoms with van der Waals surface area (Å²) in [5, 5.41) is 8.00. The Labute approximate surface area is 112 Å². The first-order valence-electron chi connectivity index (χ1n) is 7.06. The van der Waals surface area contributed by atoms with Crippen LogP contribution in [0.15, 0.2) is 6.20 Å². The lowest BCUT2D eigenvalue weighted by Crippen LogP contribution is -2.35. The third-order valence-electron chi connectivity index (χ3n) is 3.17. The van der Waals surface area contributed by atoms with Crippen molar-refractivity contribution >= 4 is 0 Å². The van der Waals surface area contributed by atoms with Crippen molar-refractivity contribution in [3.05, 3.63) is 17.5 Å². The summed E-state index contributed by atoms with van der Waals surface area (Å²) in [5.74, 6) is 0.780. The minimum Gasteiger partial charge on any atom is -0.308 e. The number of hydrogen-bond acceptors (Lipinski definition) is 2. The van der Waals surface area contributed by atoms with Crippen LogP contribution in [0.1, 0.15) is 58.7 Å². The summed E-state index contributed by atoms with van der Waals surface area (Å²) < 4.78 is 2.14. The molecule has 0 amide bonds. The van der Waals surface area contributed by atoms with E-state index in [0.29, 0.717) is 0 Å². The monoisotopic (exact) mass is 251 g/mol. The Bertz CT molecular complexity index is 358. The molecular formula is C15H29N3. The fraction of sp³-hybridized carbons (Fsp3) is 0.800. The zero-order valence-electron chi connectivity index (χ0n) is 12.9. The van der Waals surface area contributed by atoms with Crippen LogP contribution in [0.3, 0.4) is 0 Å². The maximum absolute atomic E-state index is 4.49. The van der Waals surface area contributed by atoms with Gasteiger partial charge in [0.2, 0.25) is 0 Å². The Balaban J connectivity index is 2.50. The van der Waals surface area contributed by atoms with Gasteiger partial charge in [-0.2, -0.15) is 5.10 Å². The van der Waals surface area contributed by atoms with Crippen LogP contribution in [0.4, 0.5) is 0 Å². The molecular weight excluding hydrogens is 222 g/mol. The number of nitrogens with zero attached hydrogens (tertiary/aromatic N) is 2. The maximum Gasteiger partial charge on any atom is 0.0537 e. The second-order valence-electron chi connectivity index (χ2n) is 6.62. The standard InChI is InChI=1S/C15H29N3/c1-12(2)8-7-9-18-13(3)14(11-17-18)10-16-15(4,5)6/h11-12,16H,7-10H2,1-6H3.